The van der Waals surface area contributed by atoms with E-state index in [2.05, 4.69) is 10.3 Å². The maximum atomic E-state index is 12.2. The number of nitrogens with one attached hydrogen (secondary N) is 1. The first-order valence-corrected chi connectivity index (χ1v) is 7.02. The third kappa shape index (κ3) is 3.85. The van der Waals surface area contributed by atoms with Gasteiger partial charge >= 0.3 is 5.69 Å². The molecule has 1 atom stereocenters. The van der Waals surface area contributed by atoms with Crippen LogP contribution in [0.15, 0.2) is 40.2 Å². The number of amides is 1. The lowest BCUT2D eigenvalue weighted by atomic mass is 10.3. The highest BCUT2D eigenvalue weighted by molar-refractivity contribution is 5.92. The van der Waals surface area contributed by atoms with E-state index in [0.29, 0.717) is 5.75 Å². The monoisotopic (exact) mass is 318 g/mol. The average Bonchev–Trinajstić information content (AvgIpc) is 2.55. The molecule has 0 aliphatic carbocycles. The van der Waals surface area contributed by atoms with Crippen LogP contribution in [0, 0.1) is 0 Å². The van der Waals surface area contributed by atoms with Crippen LogP contribution in [0.2, 0.25) is 0 Å². The number of aromatic nitrogens is 3. The van der Waals surface area contributed by atoms with Crippen LogP contribution in [0.4, 0.5) is 0 Å². The molecule has 2 aromatic heterocycles. The maximum absolute atomic E-state index is 12.2. The predicted molar refractivity (Wildman–Crippen MR) is 83.6 cm³/mol. The molecule has 0 aromatic carbocycles. The number of nitrogens with zero attached hydrogens (tertiary/aromatic N) is 3. The Morgan fingerprint density at radius 2 is 2.09 bits per heavy atom. The molecule has 1 unspecified atom stereocenters. The van der Waals surface area contributed by atoms with Crippen molar-refractivity contribution in [3.63, 3.8) is 0 Å². The van der Waals surface area contributed by atoms with Crippen molar-refractivity contribution in [2.45, 2.75) is 13.0 Å². The zero-order chi connectivity index (χ0) is 17.0. The molecule has 2 rings (SSSR count). The Labute approximate surface area is 132 Å². The van der Waals surface area contributed by atoms with Crippen molar-refractivity contribution < 1.29 is 9.53 Å². The van der Waals surface area contributed by atoms with Gasteiger partial charge in [0.1, 0.15) is 17.5 Å². The molecule has 2 aromatic rings. The van der Waals surface area contributed by atoms with Crippen molar-refractivity contribution in [2.24, 2.45) is 14.1 Å². The van der Waals surface area contributed by atoms with Gasteiger partial charge in [0, 0.05) is 26.4 Å². The van der Waals surface area contributed by atoms with E-state index in [1.54, 1.807) is 31.5 Å². The first kappa shape index (κ1) is 16.5. The van der Waals surface area contributed by atoms with E-state index in [0.717, 1.165) is 15.2 Å². The molecule has 0 radical (unpaired) electrons. The number of hydrogen-bond acceptors (Lipinski definition) is 5. The number of carbonyl (C=O) groups excluding carboxylic acids is 1. The van der Waals surface area contributed by atoms with Crippen LogP contribution in [0.3, 0.4) is 0 Å². The summed E-state index contributed by atoms with van der Waals surface area (Å²) in [5.74, 6) is 0.0826. The van der Waals surface area contributed by atoms with Crippen molar-refractivity contribution in [2.75, 3.05) is 6.54 Å². The standard InChI is InChI=1S/C15H18N4O4/c1-10(23-11-5-4-6-16-9-11)8-17-14(21)12-7-13(20)19(3)15(22)18(12)2/h4-7,9-10H,8H2,1-3H3,(H,17,21). The Morgan fingerprint density at radius 1 is 1.35 bits per heavy atom. The van der Waals surface area contributed by atoms with E-state index in [1.807, 2.05) is 0 Å². The zero-order valence-electron chi connectivity index (χ0n) is 13.1. The van der Waals surface area contributed by atoms with Gasteiger partial charge in [0.25, 0.3) is 11.5 Å². The summed E-state index contributed by atoms with van der Waals surface area (Å²) in [4.78, 5) is 39.5. The molecule has 2 heterocycles. The molecule has 0 saturated carbocycles. The van der Waals surface area contributed by atoms with Gasteiger partial charge in [-0.2, -0.15) is 0 Å². The Bertz CT molecular complexity index is 810. The van der Waals surface area contributed by atoms with Gasteiger partial charge in [0.2, 0.25) is 0 Å². The molecule has 8 nitrogen and oxygen atoms in total. The van der Waals surface area contributed by atoms with Gasteiger partial charge in [0.05, 0.1) is 12.7 Å². The molecule has 1 amide bonds. The van der Waals surface area contributed by atoms with Crippen LogP contribution in [-0.2, 0) is 14.1 Å². The van der Waals surface area contributed by atoms with Crippen LogP contribution in [-0.4, -0.2) is 32.7 Å². The summed E-state index contributed by atoms with van der Waals surface area (Å²) in [6.07, 6.45) is 2.91. The smallest absolute Gasteiger partial charge is 0.331 e. The minimum atomic E-state index is -0.553. The highest BCUT2D eigenvalue weighted by Gasteiger charge is 2.14. The van der Waals surface area contributed by atoms with Crippen LogP contribution in [0.25, 0.3) is 0 Å². The third-order valence-corrected chi connectivity index (χ3v) is 3.28. The SMILES string of the molecule is CC(CNC(=O)c1cc(=O)n(C)c(=O)n1C)Oc1cccnc1. The number of rotatable bonds is 5. The Balaban J connectivity index is 2.03. The number of hydrogen-bond donors (Lipinski definition) is 1. The van der Waals surface area contributed by atoms with E-state index >= 15 is 0 Å². The molecule has 23 heavy (non-hydrogen) atoms. The average molecular weight is 318 g/mol. The number of ether oxygens (including phenoxy) is 1. The fourth-order valence-electron chi connectivity index (χ4n) is 1.97. The van der Waals surface area contributed by atoms with Crippen LogP contribution >= 0.6 is 0 Å². The lowest BCUT2D eigenvalue weighted by molar-refractivity contribution is 0.0922. The molecular formula is C15H18N4O4. The molecule has 0 aliphatic heterocycles. The summed E-state index contributed by atoms with van der Waals surface area (Å²) in [6.45, 7) is 2.01. The van der Waals surface area contributed by atoms with E-state index in [9.17, 15) is 14.4 Å². The first-order valence-electron chi connectivity index (χ1n) is 7.02. The fourth-order valence-corrected chi connectivity index (χ4v) is 1.97. The molecule has 1 N–H and O–H groups in total. The van der Waals surface area contributed by atoms with Crippen molar-refractivity contribution >= 4 is 5.91 Å². The van der Waals surface area contributed by atoms with E-state index in [-0.39, 0.29) is 18.3 Å². The van der Waals surface area contributed by atoms with Gasteiger partial charge in [-0.3, -0.25) is 23.7 Å². The zero-order valence-corrected chi connectivity index (χ0v) is 13.1. The van der Waals surface area contributed by atoms with Gasteiger partial charge in [-0.1, -0.05) is 0 Å². The van der Waals surface area contributed by atoms with Gasteiger partial charge in [0.15, 0.2) is 0 Å². The minimum Gasteiger partial charge on any atom is -0.487 e. The highest BCUT2D eigenvalue weighted by atomic mass is 16.5. The van der Waals surface area contributed by atoms with E-state index in [4.69, 9.17) is 4.74 Å². The Kier molecular flexibility index (Phi) is 4.95. The normalized spacial score (nSPS) is 11.8. The molecule has 0 fully saturated rings. The molecular weight excluding hydrogens is 300 g/mol. The minimum absolute atomic E-state index is 0.00618. The second-order valence-electron chi connectivity index (χ2n) is 5.10. The van der Waals surface area contributed by atoms with E-state index < -0.39 is 17.2 Å². The summed E-state index contributed by atoms with van der Waals surface area (Å²) in [5.41, 5.74) is -1.08. The Hall–Kier alpha value is -2.90. The lowest BCUT2D eigenvalue weighted by Gasteiger charge is -2.16. The highest BCUT2D eigenvalue weighted by Crippen LogP contribution is 2.08. The summed E-state index contributed by atoms with van der Waals surface area (Å²) in [6, 6.07) is 4.63. The molecule has 8 heteroatoms. The molecule has 122 valence electrons. The maximum Gasteiger partial charge on any atom is 0.331 e. The molecule has 0 aliphatic rings. The molecule has 0 bridgehead atoms. The number of carbonyl (C=O) groups is 1. The van der Waals surface area contributed by atoms with Crippen molar-refractivity contribution in [3.05, 3.63) is 57.1 Å². The van der Waals surface area contributed by atoms with Crippen LogP contribution in [0.1, 0.15) is 17.4 Å². The van der Waals surface area contributed by atoms with Gasteiger partial charge < -0.3 is 10.1 Å². The quantitative estimate of drug-likeness (QED) is 0.815. The summed E-state index contributed by atoms with van der Waals surface area (Å²) in [7, 11) is 2.79. The predicted octanol–water partition coefficient (Wildman–Crippen LogP) is -0.324. The molecule has 0 saturated heterocycles. The summed E-state index contributed by atoms with van der Waals surface area (Å²) in [5, 5.41) is 2.64. The van der Waals surface area contributed by atoms with Crippen molar-refractivity contribution in [3.8, 4) is 5.75 Å². The Morgan fingerprint density at radius 3 is 2.74 bits per heavy atom. The third-order valence-electron chi connectivity index (χ3n) is 3.28. The van der Waals surface area contributed by atoms with Crippen molar-refractivity contribution in [1.82, 2.24) is 19.4 Å². The van der Waals surface area contributed by atoms with Crippen LogP contribution in [0.5, 0.6) is 5.75 Å². The van der Waals surface area contributed by atoms with Crippen LogP contribution < -0.4 is 21.3 Å². The van der Waals surface area contributed by atoms with Crippen molar-refractivity contribution in [1.29, 1.82) is 0 Å². The summed E-state index contributed by atoms with van der Waals surface area (Å²) < 4.78 is 7.65. The van der Waals surface area contributed by atoms with Gasteiger partial charge in [-0.15, -0.1) is 0 Å². The second kappa shape index (κ2) is 6.91. The summed E-state index contributed by atoms with van der Waals surface area (Å²) >= 11 is 0. The second-order valence-corrected chi connectivity index (χ2v) is 5.10. The number of pyridine rings is 1. The van der Waals surface area contributed by atoms with Gasteiger partial charge in [-0.25, -0.2) is 4.79 Å². The first-order chi connectivity index (χ1) is 10.9. The largest absolute Gasteiger partial charge is 0.487 e. The van der Waals surface area contributed by atoms with E-state index in [1.165, 1.54) is 14.1 Å². The fraction of sp³-hybridized carbons (Fsp3) is 0.333. The van der Waals surface area contributed by atoms with Gasteiger partial charge in [-0.05, 0) is 19.1 Å². The topological polar surface area (TPSA) is 95.2 Å². The molecule has 0 spiro atoms. The lowest BCUT2D eigenvalue weighted by Crippen LogP contribution is -2.42.